The topological polar surface area (TPSA) is 49.6 Å². The second kappa shape index (κ2) is 23.9. The molecule has 0 spiro atoms. The van der Waals surface area contributed by atoms with Gasteiger partial charge in [-0.25, -0.2) is 0 Å². The van der Waals surface area contributed by atoms with Gasteiger partial charge >= 0.3 is 0 Å². The zero-order valence-corrected chi connectivity index (χ0v) is 55.7. The van der Waals surface area contributed by atoms with Crippen LogP contribution < -0.4 is 27.4 Å². The number of aromatic nitrogens is 6. The Morgan fingerprint density at radius 3 is 1.49 bits per heavy atom. The molecule has 2 aliphatic rings. The number of aryl methyl sites for hydroxylation is 5. The second-order valence-electron chi connectivity index (χ2n) is 27.1. The van der Waals surface area contributed by atoms with Gasteiger partial charge in [0.15, 0.2) is 37.2 Å². The molecule has 8 aromatic heterocycles. The molecule has 4 unspecified atom stereocenters. The Morgan fingerprint density at radius 1 is 0.316 bits per heavy atom. The summed E-state index contributed by atoms with van der Waals surface area (Å²) in [6.07, 6.45) is 14.7. The molecule has 470 valence electrons. The van der Waals surface area contributed by atoms with E-state index in [1.807, 2.05) is 0 Å². The SMILES string of the molecule is Cc1cc[n+](CC(C2c3ccccc3-c3cc(Cc4cc[n+](CC(C5c6ccccc6-c6cccc[n+]65)[n+]5ccccc5-c5ccccc5C)c(-c5cc6oc7ccccc7c6cc5C)c4)cc[n+]32)[n+]2ccccc2-c2ccccc2C)c(-c2c(C)ccc3c2oc2ccccc23)c1. The first-order valence-electron chi connectivity index (χ1n) is 34.4. The summed E-state index contributed by atoms with van der Waals surface area (Å²) in [6.45, 7) is 12.5. The van der Waals surface area contributed by atoms with Crippen molar-refractivity contribution in [1.29, 1.82) is 0 Å². The molecule has 0 N–H and O–H groups in total. The number of hydrogen-bond acceptors (Lipinski definition) is 2. The highest BCUT2D eigenvalue weighted by Crippen LogP contribution is 2.43. The minimum absolute atomic E-state index is 0.0274. The maximum atomic E-state index is 6.87. The monoisotopic (exact) mass is 1270 g/mol. The average molecular weight is 1270 g/mol. The molecule has 8 aromatic carbocycles. The number of hydrogen-bond donors (Lipinski definition) is 0. The molecule has 10 heterocycles. The summed E-state index contributed by atoms with van der Waals surface area (Å²) < 4.78 is 28.8. The van der Waals surface area contributed by atoms with Crippen LogP contribution in [0.4, 0.5) is 0 Å². The first-order chi connectivity index (χ1) is 48.2. The smallest absolute Gasteiger partial charge is 0.282 e. The van der Waals surface area contributed by atoms with Gasteiger partial charge in [-0.15, -0.1) is 0 Å². The first-order valence-corrected chi connectivity index (χ1v) is 34.4. The number of benzene rings is 8. The molecule has 2 aliphatic heterocycles. The van der Waals surface area contributed by atoms with E-state index in [2.05, 4.69) is 360 Å². The van der Waals surface area contributed by atoms with E-state index < -0.39 is 0 Å². The fourth-order valence-corrected chi connectivity index (χ4v) is 16.5. The molecule has 0 bridgehead atoms. The molecular formula is C90H74N6O2+6. The van der Waals surface area contributed by atoms with Gasteiger partial charge in [0.05, 0.1) is 22.3 Å². The molecule has 0 radical (unpaired) electrons. The number of rotatable bonds is 14. The zero-order chi connectivity index (χ0) is 65.7. The van der Waals surface area contributed by atoms with Crippen molar-refractivity contribution >= 4 is 43.9 Å². The average Bonchev–Trinajstić information content (AvgIpc) is 1.58. The lowest BCUT2D eigenvalue weighted by molar-refractivity contribution is -0.838. The predicted octanol–water partition coefficient (Wildman–Crippen LogP) is 18.0. The molecule has 0 amide bonds. The van der Waals surface area contributed by atoms with Crippen LogP contribution >= 0.6 is 0 Å². The van der Waals surface area contributed by atoms with Crippen molar-refractivity contribution in [1.82, 2.24) is 0 Å². The van der Waals surface area contributed by atoms with Crippen molar-refractivity contribution in [3.8, 4) is 67.5 Å². The molecule has 0 aliphatic carbocycles. The van der Waals surface area contributed by atoms with E-state index in [1.165, 1.54) is 95.1 Å². The van der Waals surface area contributed by atoms with Gasteiger partial charge in [0.25, 0.3) is 24.2 Å². The molecule has 0 saturated heterocycles. The lowest BCUT2D eigenvalue weighted by Crippen LogP contribution is -2.58. The lowest BCUT2D eigenvalue weighted by Gasteiger charge is -2.19. The highest BCUT2D eigenvalue weighted by molar-refractivity contribution is 6.10. The van der Waals surface area contributed by atoms with E-state index in [1.54, 1.807) is 0 Å². The number of nitrogens with zero attached hydrogens (tertiary/aromatic N) is 6. The van der Waals surface area contributed by atoms with E-state index in [9.17, 15) is 0 Å². The van der Waals surface area contributed by atoms with Gasteiger partial charge in [-0.05, 0) is 147 Å². The number of para-hydroxylation sites is 2. The Morgan fingerprint density at radius 2 is 0.827 bits per heavy atom. The Kier molecular flexibility index (Phi) is 14.3. The maximum absolute atomic E-state index is 6.87. The molecular weight excluding hydrogens is 1200 g/mol. The largest absolute Gasteiger partial charge is 0.456 e. The minimum atomic E-state index is -0.111. The summed E-state index contributed by atoms with van der Waals surface area (Å²) in [5, 5.41) is 4.51. The van der Waals surface area contributed by atoms with Gasteiger partial charge in [0, 0.05) is 117 Å². The number of fused-ring (bicyclic) bond motifs is 12. The normalized spacial score (nSPS) is 14.4. The molecule has 8 heteroatoms. The van der Waals surface area contributed by atoms with Crippen molar-refractivity contribution in [2.24, 2.45) is 0 Å². The van der Waals surface area contributed by atoms with Crippen molar-refractivity contribution in [2.45, 2.75) is 78.3 Å². The van der Waals surface area contributed by atoms with Crippen LogP contribution in [-0.2, 0) is 19.5 Å². The summed E-state index contributed by atoms with van der Waals surface area (Å²) in [5.41, 5.74) is 29.0. The number of furan rings is 2. The van der Waals surface area contributed by atoms with Gasteiger partial charge in [0.1, 0.15) is 22.3 Å². The van der Waals surface area contributed by atoms with Crippen LogP contribution in [0.15, 0.2) is 307 Å². The van der Waals surface area contributed by atoms with Crippen LogP contribution in [0.1, 0.15) is 74.2 Å². The van der Waals surface area contributed by atoms with E-state index in [0.717, 1.165) is 72.8 Å². The summed E-state index contributed by atoms with van der Waals surface area (Å²) in [4.78, 5) is 0. The van der Waals surface area contributed by atoms with Gasteiger partial charge in [-0.2, -0.15) is 27.4 Å². The van der Waals surface area contributed by atoms with E-state index >= 15 is 0 Å². The lowest BCUT2D eigenvalue weighted by atomic mass is 9.94. The molecule has 0 fully saturated rings. The standard InChI is InChI=1S/C90H74N6O2/c1-58-41-47-92(81(50-58)87-61(4)39-40-73-69-30-14-17-38-85(69)98-90(73)87)57-83(94-45-22-19-35-77(94)66-27-9-7-25-60(66)3)89-72-33-13-11-29-68(72)80-54-64(43-49-96(80)89)52-63-42-48-91(79(53-63)74-55-86-75(51-62(74)5)70-31-15-16-37-84(70)97-86)56-82(93-44-21-18-34-76(93)65-26-8-6-24-59(65)2)88-71-32-12-10-28-67(71)78-36-20-23-46-95(78)88/h6-51,53-55,82-83,88-89H,52,56-57H2,1-5H3/q+6. The van der Waals surface area contributed by atoms with Crippen LogP contribution in [0.25, 0.3) is 111 Å². The Labute approximate surface area is 570 Å². The van der Waals surface area contributed by atoms with Crippen molar-refractivity contribution < 1.29 is 36.2 Å². The van der Waals surface area contributed by atoms with Gasteiger partial charge in [-0.1, -0.05) is 121 Å². The first kappa shape index (κ1) is 58.8. The third-order valence-corrected chi connectivity index (χ3v) is 21.2. The van der Waals surface area contributed by atoms with Gasteiger partial charge < -0.3 is 8.83 Å². The predicted molar refractivity (Wildman–Crippen MR) is 388 cm³/mol. The molecule has 8 nitrogen and oxygen atoms in total. The van der Waals surface area contributed by atoms with Crippen LogP contribution in [0, 0.1) is 34.6 Å². The highest BCUT2D eigenvalue weighted by Gasteiger charge is 2.52. The number of pyridine rings is 6. The van der Waals surface area contributed by atoms with E-state index in [0.29, 0.717) is 13.1 Å². The molecule has 16 aromatic rings. The second-order valence-corrected chi connectivity index (χ2v) is 27.1. The minimum Gasteiger partial charge on any atom is -0.456 e. The fraction of sp³-hybridized carbons (Fsp3) is 0.133. The van der Waals surface area contributed by atoms with Crippen molar-refractivity contribution in [3.63, 3.8) is 0 Å². The third-order valence-electron chi connectivity index (χ3n) is 21.2. The fourth-order valence-electron chi connectivity index (χ4n) is 16.5. The van der Waals surface area contributed by atoms with E-state index in [-0.39, 0.29) is 24.2 Å². The highest BCUT2D eigenvalue weighted by atomic mass is 16.3. The van der Waals surface area contributed by atoms with Crippen LogP contribution in [0.3, 0.4) is 0 Å². The van der Waals surface area contributed by atoms with Crippen molar-refractivity contribution in [2.75, 3.05) is 0 Å². The van der Waals surface area contributed by atoms with Gasteiger partial charge in [0.2, 0.25) is 47.3 Å². The summed E-state index contributed by atoms with van der Waals surface area (Å²) in [6, 6.07) is 95.7. The summed E-state index contributed by atoms with van der Waals surface area (Å²) in [5.74, 6) is 0. The molecule has 0 saturated carbocycles. The van der Waals surface area contributed by atoms with Crippen LogP contribution in [0.5, 0.6) is 0 Å². The quantitative estimate of drug-likeness (QED) is 0.102. The third kappa shape index (κ3) is 9.87. The van der Waals surface area contributed by atoms with Crippen LogP contribution in [-0.4, -0.2) is 0 Å². The Hall–Kier alpha value is -11.7. The van der Waals surface area contributed by atoms with Crippen molar-refractivity contribution in [3.05, 3.63) is 348 Å². The Bertz CT molecular complexity index is 5830. The Balaban J connectivity index is 0.782. The maximum Gasteiger partial charge on any atom is 0.282 e. The molecule has 98 heavy (non-hydrogen) atoms. The van der Waals surface area contributed by atoms with Crippen LogP contribution in [0.2, 0.25) is 0 Å². The van der Waals surface area contributed by atoms with Gasteiger partial charge in [-0.3, -0.25) is 0 Å². The molecule has 4 atom stereocenters. The molecule has 18 rings (SSSR count). The van der Waals surface area contributed by atoms with E-state index in [4.69, 9.17) is 8.83 Å². The summed E-state index contributed by atoms with van der Waals surface area (Å²) in [7, 11) is 0. The zero-order valence-electron chi connectivity index (χ0n) is 55.7. The summed E-state index contributed by atoms with van der Waals surface area (Å²) >= 11 is 0.